The zero-order chi connectivity index (χ0) is 30.3. The van der Waals surface area contributed by atoms with Crippen LogP contribution < -0.4 is 10.6 Å². The first kappa shape index (κ1) is 29.9. The number of alkyl carbamates (subject to hydrolysis) is 1. The Kier molecular flexibility index (Phi) is 9.28. The van der Waals surface area contributed by atoms with Crippen molar-refractivity contribution >= 4 is 34.4 Å². The number of amides is 3. The molecule has 0 radical (unpaired) electrons. The van der Waals surface area contributed by atoms with Crippen molar-refractivity contribution in [3.05, 3.63) is 114 Å². The van der Waals surface area contributed by atoms with Gasteiger partial charge in [0.05, 0.1) is 0 Å². The Hall–Kier alpha value is -5.09. The third-order valence-corrected chi connectivity index (χ3v) is 6.53. The van der Waals surface area contributed by atoms with E-state index in [2.05, 4.69) is 16.7 Å². The molecule has 0 spiro atoms. The maximum absolute atomic E-state index is 14.1. The molecule has 0 aliphatic carbocycles. The molecule has 214 valence electrons. The predicted molar refractivity (Wildman–Crippen MR) is 165 cm³/mol. The summed E-state index contributed by atoms with van der Waals surface area (Å²) in [4.78, 5) is 41.9. The van der Waals surface area contributed by atoms with Gasteiger partial charge in [-0.25, -0.2) is 4.79 Å². The van der Waals surface area contributed by atoms with Gasteiger partial charge in [0.25, 0.3) is 11.8 Å². The number of hydrogen-bond acceptors (Lipinski definition) is 4. The van der Waals surface area contributed by atoms with Crippen molar-refractivity contribution in [3.63, 3.8) is 0 Å². The van der Waals surface area contributed by atoms with Crippen LogP contribution in [-0.4, -0.2) is 34.5 Å². The van der Waals surface area contributed by atoms with E-state index in [-0.39, 0.29) is 6.42 Å². The molecule has 0 heterocycles. The second kappa shape index (κ2) is 13.0. The summed E-state index contributed by atoms with van der Waals surface area (Å²) in [6, 6.07) is 30.1. The summed E-state index contributed by atoms with van der Waals surface area (Å²) in [5, 5.41) is 7.61. The Balaban J connectivity index is 1.70. The Bertz CT molecular complexity index is 1620. The molecule has 0 aliphatic rings. The van der Waals surface area contributed by atoms with Crippen molar-refractivity contribution in [3.8, 4) is 12.5 Å². The number of terminal acetylenes is 1. The number of nitrogens with one attached hydrogen (secondary N) is 2. The number of nitrogens with zero attached hydrogens (tertiary/aromatic N) is 1. The fraction of sp³-hybridized carbons (Fsp3) is 0.229. The highest BCUT2D eigenvalue weighted by molar-refractivity contribution is 6.01. The highest BCUT2D eigenvalue weighted by Crippen LogP contribution is 2.26. The topological polar surface area (TPSA) is 87.7 Å². The number of carbonyl (C=O) groups excluding carboxylic acids is 3. The normalized spacial score (nSPS) is 12.5. The second-order valence-electron chi connectivity index (χ2n) is 11.1. The molecular weight excluding hydrogens is 526 g/mol. The fourth-order valence-electron chi connectivity index (χ4n) is 4.67. The predicted octanol–water partition coefficient (Wildman–Crippen LogP) is 6.38. The summed E-state index contributed by atoms with van der Waals surface area (Å²) in [6.45, 7) is 7.10. The highest BCUT2D eigenvalue weighted by atomic mass is 16.6. The third-order valence-electron chi connectivity index (χ3n) is 6.53. The first-order valence-corrected chi connectivity index (χ1v) is 13.7. The number of rotatable bonds is 8. The Morgan fingerprint density at radius 3 is 2.24 bits per heavy atom. The number of fused-ring (bicyclic) bond motifs is 1. The number of benzene rings is 4. The van der Waals surface area contributed by atoms with E-state index in [0.29, 0.717) is 11.3 Å². The van der Waals surface area contributed by atoms with Gasteiger partial charge in [0.15, 0.2) is 0 Å². The van der Waals surface area contributed by atoms with Crippen molar-refractivity contribution in [2.75, 3.05) is 5.32 Å². The van der Waals surface area contributed by atoms with E-state index in [4.69, 9.17) is 11.2 Å². The molecule has 0 aliphatic heterocycles. The molecule has 2 atom stereocenters. The highest BCUT2D eigenvalue weighted by Gasteiger charge is 2.36. The van der Waals surface area contributed by atoms with Gasteiger partial charge < -0.3 is 15.4 Å². The Morgan fingerprint density at radius 1 is 0.881 bits per heavy atom. The largest absolute Gasteiger partial charge is 0.444 e. The van der Waals surface area contributed by atoms with Crippen LogP contribution in [0.4, 0.5) is 10.5 Å². The SMILES string of the molecule is C#CN(C(=O)C(Cc1ccccc1)NC(=O)OC(C)(C)C)C(C(=O)Nc1ccc2ccccc2c1)c1cccc(C)c1. The standard InChI is InChI=1S/C35H35N3O4/c1-6-38(33(40)30(22-25-14-8-7-9-15-25)37-34(41)42-35(3,4)5)31(28-18-12-13-24(2)21-28)32(39)36-29-20-19-26-16-10-11-17-27(26)23-29/h1,7-21,23,30-31H,22H2,2-5H3,(H,36,39)(H,37,41). The number of carbonyl (C=O) groups is 3. The minimum absolute atomic E-state index is 0.143. The molecule has 0 bridgehead atoms. The van der Waals surface area contributed by atoms with Crippen LogP contribution in [0.2, 0.25) is 0 Å². The molecule has 7 nitrogen and oxygen atoms in total. The molecule has 7 heteroatoms. The minimum Gasteiger partial charge on any atom is -0.444 e. The van der Waals surface area contributed by atoms with Gasteiger partial charge >= 0.3 is 6.09 Å². The van der Waals surface area contributed by atoms with Crippen molar-refractivity contribution < 1.29 is 19.1 Å². The van der Waals surface area contributed by atoms with Gasteiger partial charge in [0, 0.05) is 18.2 Å². The van der Waals surface area contributed by atoms with E-state index in [1.807, 2.05) is 85.8 Å². The van der Waals surface area contributed by atoms with Crippen molar-refractivity contribution in [2.24, 2.45) is 0 Å². The summed E-state index contributed by atoms with van der Waals surface area (Å²) in [5.74, 6) is -1.11. The number of aryl methyl sites for hydroxylation is 1. The van der Waals surface area contributed by atoms with Gasteiger partial charge in [0.2, 0.25) is 0 Å². The average Bonchev–Trinajstić information content (AvgIpc) is 2.94. The van der Waals surface area contributed by atoms with Crippen molar-refractivity contribution in [1.29, 1.82) is 0 Å². The second-order valence-corrected chi connectivity index (χ2v) is 11.1. The Labute approximate surface area is 246 Å². The molecule has 0 fully saturated rings. The van der Waals surface area contributed by atoms with Crippen molar-refractivity contribution in [2.45, 2.75) is 51.8 Å². The lowest BCUT2D eigenvalue weighted by Gasteiger charge is -2.30. The van der Waals surface area contributed by atoms with E-state index in [1.165, 1.54) is 0 Å². The van der Waals surface area contributed by atoms with Crippen LogP contribution in [0.15, 0.2) is 97.1 Å². The summed E-state index contributed by atoms with van der Waals surface area (Å²) in [6.07, 6.45) is 5.33. The monoisotopic (exact) mass is 561 g/mol. The van der Waals surface area contributed by atoms with Crippen molar-refractivity contribution in [1.82, 2.24) is 10.2 Å². The third kappa shape index (κ3) is 7.76. The zero-order valence-electron chi connectivity index (χ0n) is 24.3. The zero-order valence-corrected chi connectivity index (χ0v) is 24.3. The van der Waals surface area contributed by atoms with E-state index in [9.17, 15) is 14.4 Å². The maximum Gasteiger partial charge on any atom is 0.408 e. The van der Waals surface area contributed by atoms with Crippen LogP contribution in [0, 0.1) is 19.4 Å². The molecule has 4 aromatic carbocycles. The smallest absolute Gasteiger partial charge is 0.408 e. The van der Waals surface area contributed by atoms with Gasteiger partial charge in [-0.05, 0) is 61.7 Å². The quantitative estimate of drug-likeness (QED) is 0.193. The number of anilines is 1. The molecular formula is C35H35N3O4. The van der Waals surface area contributed by atoms with E-state index >= 15 is 0 Å². The van der Waals surface area contributed by atoms with Crippen LogP contribution in [0.1, 0.15) is 43.5 Å². The van der Waals surface area contributed by atoms with Crippen LogP contribution >= 0.6 is 0 Å². The van der Waals surface area contributed by atoms with Crippen LogP contribution in [0.25, 0.3) is 10.8 Å². The molecule has 0 saturated heterocycles. The molecule has 4 aromatic rings. The van der Waals surface area contributed by atoms with Crippen LogP contribution in [0.3, 0.4) is 0 Å². The minimum atomic E-state index is -1.17. The average molecular weight is 562 g/mol. The van der Waals surface area contributed by atoms with Gasteiger partial charge in [-0.3, -0.25) is 14.5 Å². The van der Waals surface area contributed by atoms with E-state index < -0.39 is 35.6 Å². The molecule has 0 aromatic heterocycles. The summed E-state index contributed by atoms with van der Waals surface area (Å²) in [5.41, 5.74) is 2.02. The number of ether oxygens (including phenoxy) is 1. The maximum atomic E-state index is 14.1. The molecule has 0 saturated carbocycles. The Morgan fingerprint density at radius 2 is 1.57 bits per heavy atom. The van der Waals surface area contributed by atoms with Gasteiger partial charge in [0.1, 0.15) is 17.7 Å². The van der Waals surface area contributed by atoms with E-state index in [0.717, 1.165) is 26.8 Å². The van der Waals surface area contributed by atoms with E-state index in [1.54, 1.807) is 39.0 Å². The summed E-state index contributed by atoms with van der Waals surface area (Å²) >= 11 is 0. The molecule has 42 heavy (non-hydrogen) atoms. The molecule has 2 unspecified atom stereocenters. The lowest BCUT2D eigenvalue weighted by molar-refractivity contribution is -0.136. The lowest BCUT2D eigenvalue weighted by atomic mass is 9.99. The summed E-state index contributed by atoms with van der Waals surface area (Å²) in [7, 11) is 0. The first-order chi connectivity index (χ1) is 20.0. The van der Waals surface area contributed by atoms with Gasteiger partial charge in [-0.1, -0.05) is 96.9 Å². The first-order valence-electron chi connectivity index (χ1n) is 13.7. The molecule has 2 N–H and O–H groups in total. The van der Waals surface area contributed by atoms with Gasteiger partial charge in [-0.2, -0.15) is 0 Å². The fourth-order valence-corrected chi connectivity index (χ4v) is 4.67. The lowest BCUT2D eigenvalue weighted by Crippen LogP contribution is -2.51. The van der Waals surface area contributed by atoms with Crippen LogP contribution in [0.5, 0.6) is 0 Å². The molecule has 4 rings (SSSR count). The van der Waals surface area contributed by atoms with Crippen LogP contribution in [-0.2, 0) is 20.7 Å². The summed E-state index contributed by atoms with van der Waals surface area (Å²) < 4.78 is 5.44. The molecule has 3 amide bonds. The van der Waals surface area contributed by atoms with Gasteiger partial charge in [-0.15, -0.1) is 0 Å². The number of hydrogen-bond donors (Lipinski definition) is 2.